The SMILES string of the molecule is CCC1(O)CC(C(=O)OC)(c2cccc(Cl)c2)C1. The molecule has 1 N–H and O–H groups in total. The smallest absolute Gasteiger partial charge is 0.316 e. The fourth-order valence-electron chi connectivity index (χ4n) is 2.77. The summed E-state index contributed by atoms with van der Waals surface area (Å²) < 4.78 is 4.90. The summed E-state index contributed by atoms with van der Waals surface area (Å²) in [6.45, 7) is 1.92. The van der Waals surface area contributed by atoms with Gasteiger partial charge < -0.3 is 9.84 Å². The average molecular weight is 269 g/mol. The van der Waals surface area contributed by atoms with E-state index in [0.717, 1.165) is 5.56 Å². The lowest BCUT2D eigenvalue weighted by Gasteiger charge is -2.51. The van der Waals surface area contributed by atoms with E-state index in [2.05, 4.69) is 0 Å². The third-order valence-electron chi connectivity index (χ3n) is 3.87. The highest BCUT2D eigenvalue weighted by molar-refractivity contribution is 6.30. The van der Waals surface area contributed by atoms with E-state index >= 15 is 0 Å². The van der Waals surface area contributed by atoms with Gasteiger partial charge in [-0.1, -0.05) is 30.7 Å². The van der Waals surface area contributed by atoms with Crippen molar-refractivity contribution in [3.05, 3.63) is 34.9 Å². The average Bonchev–Trinajstić information content (AvgIpc) is 2.33. The van der Waals surface area contributed by atoms with Gasteiger partial charge in [0.2, 0.25) is 0 Å². The largest absolute Gasteiger partial charge is 0.468 e. The second kappa shape index (κ2) is 4.56. The number of carbonyl (C=O) groups is 1. The molecule has 1 aromatic carbocycles. The van der Waals surface area contributed by atoms with Crippen molar-refractivity contribution in [3.8, 4) is 0 Å². The van der Waals surface area contributed by atoms with Crippen LogP contribution in [0.25, 0.3) is 0 Å². The lowest BCUT2D eigenvalue weighted by molar-refractivity contribution is -0.168. The molecule has 0 unspecified atom stereocenters. The van der Waals surface area contributed by atoms with Crippen LogP contribution in [0.3, 0.4) is 0 Å². The molecule has 1 aliphatic rings. The first-order chi connectivity index (χ1) is 8.46. The number of rotatable bonds is 3. The normalized spacial score (nSPS) is 30.7. The summed E-state index contributed by atoms with van der Waals surface area (Å²) in [6, 6.07) is 7.21. The molecule has 0 aromatic heterocycles. The fraction of sp³-hybridized carbons (Fsp3) is 0.500. The third-order valence-corrected chi connectivity index (χ3v) is 4.11. The Morgan fingerprint density at radius 3 is 2.67 bits per heavy atom. The van der Waals surface area contributed by atoms with Crippen LogP contribution >= 0.6 is 11.6 Å². The van der Waals surface area contributed by atoms with Crippen LogP contribution in [-0.4, -0.2) is 23.8 Å². The Bertz CT molecular complexity index is 464. The molecule has 0 spiro atoms. The van der Waals surface area contributed by atoms with Crippen LogP contribution in [0.2, 0.25) is 5.02 Å². The number of esters is 1. The minimum absolute atomic E-state index is 0.303. The predicted octanol–water partition coefficient (Wildman–Crippen LogP) is 2.69. The van der Waals surface area contributed by atoms with E-state index in [1.165, 1.54) is 7.11 Å². The highest BCUT2D eigenvalue weighted by Gasteiger charge is 2.59. The minimum atomic E-state index is -0.767. The van der Waals surface area contributed by atoms with E-state index in [9.17, 15) is 9.90 Å². The first-order valence-corrected chi connectivity index (χ1v) is 6.40. The molecule has 2 rings (SSSR count). The summed E-state index contributed by atoms with van der Waals surface area (Å²) >= 11 is 5.97. The van der Waals surface area contributed by atoms with Crippen LogP contribution in [0.5, 0.6) is 0 Å². The number of methoxy groups -OCH3 is 1. The van der Waals surface area contributed by atoms with Gasteiger partial charge in [0.15, 0.2) is 0 Å². The summed E-state index contributed by atoms with van der Waals surface area (Å²) in [4.78, 5) is 12.1. The van der Waals surface area contributed by atoms with E-state index < -0.39 is 11.0 Å². The first kappa shape index (κ1) is 13.4. The molecule has 18 heavy (non-hydrogen) atoms. The Balaban J connectivity index is 2.37. The highest BCUT2D eigenvalue weighted by Crippen LogP contribution is 2.52. The van der Waals surface area contributed by atoms with Crippen LogP contribution in [0.1, 0.15) is 31.7 Å². The number of benzene rings is 1. The summed E-state index contributed by atoms with van der Waals surface area (Å²) in [7, 11) is 1.37. The van der Waals surface area contributed by atoms with Gasteiger partial charge in [0.25, 0.3) is 0 Å². The lowest BCUT2D eigenvalue weighted by atomic mass is 9.55. The van der Waals surface area contributed by atoms with Gasteiger partial charge in [-0.3, -0.25) is 4.79 Å². The van der Waals surface area contributed by atoms with E-state index in [1.54, 1.807) is 12.1 Å². The van der Waals surface area contributed by atoms with Crippen molar-refractivity contribution in [1.82, 2.24) is 0 Å². The van der Waals surface area contributed by atoms with Crippen molar-refractivity contribution in [2.45, 2.75) is 37.2 Å². The molecule has 1 aliphatic carbocycles. The molecule has 0 heterocycles. The number of hydrogen-bond donors (Lipinski definition) is 1. The van der Waals surface area contributed by atoms with Gasteiger partial charge in [-0.25, -0.2) is 0 Å². The van der Waals surface area contributed by atoms with Gasteiger partial charge in [-0.05, 0) is 37.0 Å². The van der Waals surface area contributed by atoms with E-state index in [1.807, 2.05) is 19.1 Å². The van der Waals surface area contributed by atoms with E-state index in [0.29, 0.717) is 24.3 Å². The molecule has 1 saturated carbocycles. The van der Waals surface area contributed by atoms with Crippen LogP contribution in [0.4, 0.5) is 0 Å². The third kappa shape index (κ3) is 2.02. The van der Waals surface area contributed by atoms with Crippen LogP contribution in [0, 0.1) is 0 Å². The van der Waals surface area contributed by atoms with Crippen molar-refractivity contribution in [2.24, 2.45) is 0 Å². The van der Waals surface area contributed by atoms with Crippen LogP contribution < -0.4 is 0 Å². The first-order valence-electron chi connectivity index (χ1n) is 6.03. The molecule has 0 saturated heterocycles. The van der Waals surface area contributed by atoms with Crippen molar-refractivity contribution >= 4 is 17.6 Å². The molecule has 3 nitrogen and oxygen atoms in total. The summed E-state index contributed by atoms with van der Waals surface area (Å²) in [5.41, 5.74) is -0.694. The van der Waals surface area contributed by atoms with Crippen molar-refractivity contribution in [3.63, 3.8) is 0 Å². The molecule has 98 valence electrons. The van der Waals surface area contributed by atoms with Crippen molar-refractivity contribution in [2.75, 3.05) is 7.11 Å². The van der Waals surface area contributed by atoms with Gasteiger partial charge in [0.05, 0.1) is 18.1 Å². The molecule has 1 aromatic rings. The monoisotopic (exact) mass is 268 g/mol. The van der Waals surface area contributed by atoms with Crippen molar-refractivity contribution < 1.29 is 14.6 Å². The highest BCUT2D eigenvalue weighted by atomic mass is 35.5. The molecule has 0 aliphatic heterocycles. The van der Waals surface area contributed by atoms with Gasteiger partial charge in [-0.15, -0.1) is 0 Å². The summed E-state index contributed by atoms with van der Waals surface area (Å²) in [5, 5.41) is 10.8. The number of halogens is 1. The summed E-state index contributed by atoms with van der Waals surface area (Å²) in [5.74, 6) is -0.303. The predicted molar refractivity (Wildman–Crippen MR) is 69.6 cm³/mol. The Hall–Kier alpha value is -1.06. The number of hydrogen-bond acceptors (Lipinski definition) is 3. The zero-order chi connectivity index (χ0) is 13.4. The number of ether oxygens (including phenoxy) is 1. The lowest BCUT2D eigenvalue weighted by Crippen LogP contribution is -2.58. The maximum absolute atomic E-state index is 12.1. The van der Waals surface area contributed by atoms with E-state index in [-0.39, 0.29) is 5.97 Å². The maximum Gasteiger partial charge on any atom is 0.316 e. The standard InChI is InChI=1S/C14H17ClO3/c1-3-13(17)8-14(9-13,12(16)18-2)10-5-4-6-11(15)7-10/h4-7,17H,3,8-9H2,1-2H3. The Morgan fingerprint density at radius 2 is 2.17 bits per heavy atom. The molecular formula is C14H17ClO3. The van der Waals surface area contributed by atoms with Crippen molar-refractivity contribution in [1.29, 1.82) is 0 Å². The molecule has 0 bridgehead atoms. The topological polar surface area (TPSA) is 46.5 Å². The van der Waals surface area contributed by atoms with E-state index in [4.69, 9.17) is 16.3 Å². The Kier molecular flexibility index (Phi) is 3.39. The van der Waals surface area contributed by atoms with Gasteiger partial charge >= 0.3 is 5.97 Å². The minimum Gasteiger partial charge on any atom is -0.468 e. The van der Waals surface area contributed by atoms with Gasteiger partial charge in [0.1, 0.15) is 0 Å². The molecule has 4 heteroatoms. The number of carbonyl (C=O) groups excluding carboxylic acids is 1. The quantitative estimate of drug-likeness (QED) is 0.858. The maximum atomic E-state index is 12.1. The Morgan fingerprint density at radius 1 is 1.50 bits per heavy atom. The molecule has 1 fully saturated rings. The Labute approximate surface area is 112 Å². The zero-order valence-electron chi connectivity index (χ0n) is 10.6. The second-order valence-corrected chi connectivity index (χ2v) is 5.45. The zero-order valence-corrected chi connectivity index (χ0v) is 11.3. The van der Waals surface area contributed by atoms with Gasteiger partial charge in [-0.2, -0.15) is 0 Å². The molecular weight excluding hydrogens is 252 g/mol. The second-order valence-electron chi connectivity index (χ2n) is 5.02. The van der Waals surface area contributed by atoms with Crippen LogP contribution in [0.15, 0.2) is 24.3 Å². The molecule has 0 atom stereocenters. The fourth-order valence-corrected chi connectivity index (χ4v) is 2.96. The number of aliphatic hydroxyl groups is 1. The van der Waals surface area contributed by atoms with Crippen LogP contribution in [-0.2, 0) is 14.9 Å². The summed E-state index contributed by atoms with van der Waals surface area (Å²) in [6.07, 6.45) is 1.42. The molecule has 0 amide bonds. The molecule has 0 radical (unpaired) electrons. The van der Waals surface area contributed by atoms with Gasteiger partial charge in [0, 0.05) is 5.02 Å².